The van der Waals surface area contributed by atoms with E-state index in [1.807, 2.05) is 38.1 Å². The Morgan fingerprint density at radius 3 is 2.00 bits per heavy atom. The van der Waals surface area contributed by atoms with E-state index in [9.17, 15) is 41.9 Å². The highest BCUT2D eigenvalue weighted by Gasteiger charge is 2.39. The lowest BCUT2D eigenvalue weighted by Gasteiger charge is -2.29. The molecule has 2 saturated heterocycles. The molecule has 1 aromatic carbocycles. The number of halogens is 5. The van der Waals surface area contributed by atoms with Crippen molar-refractivity contribution in [2.24, 2.45) is 17.4 Å². The summed E-state index contributed by atoms with van der Waals surface area (Å²) in [5.74, 6) is -4.72. The summed E-state index contributed by atoms with van der Waals surface area (Å²) in [4.78, 5) is 92.5. The van der Waals surface area contributed by atoms with Gasteiger partial charge in [-0.05, 0) is 81.7 Å². The van der Waals surface area contributed by atoms with Crippen molar-refractivity contribution in [2.45, 2.75) is 95.6 Å². The number of unbranched alkanes of at least 4 members (excludes halogenated alkanes) is 1. The van der Waals surface area contributed by atoms with Gasteiger partial charge in [0.15, 0.2) is 0 Å². The van der Waals surface area contributed by atoms with E-state index in [0.717, 1.165) is 12.1 Å². The lowest BCUT2D eigenvalue weighted by atomic mass is 10.0. The first kappa shape index (κ1) is 51.7. The molecule has 1 aromatic rings. The van der Waals surface area contributed by atoms with Crippen molar-refractivity contribution < 1.29 is 51.8 Å². The Bertz CT molecular complexity index is 1590. The van der Waals surface area contributed by atoms with Gasteiger partial charge < -0.3 is 47.2 Å². The van der Waals surface area contributed by atoms with Crippen LogP contribution in [0.3, 0.4) is 0 Å². The predicted octanol–water partition coefficient (Wildman–Crippen LogP) is 1.74. The van der Waals surface area contributed by atoms with Crippen molar-refractivity contribution in [1.82, 2.24) is 25.8 Å². The molecule has 60 heavy (non-hydrogen) atoms. The van der Waals surface area contributed by atoms with Gasteiger partial charge in [-0.15, -0.1) is 23.2 Å². The number of carbonyl (C=O) groups is 7. The Hall–Kier alpha value is -4.40. The van der Waals surface area contributed by atoms with E-state index in [0.29, 0.717) is 95.1 Å². The van der Waals surface area contributed by atoms with Crippen LogP contribution >= 0.6 is 23.2 Å². The minimum atomic E-state index is -5.08. The monoisotopic (exact) mass is 895 g/mol. The summed E-state index contributed by atoms with van der Waals surface area (Å²) in [6.45, 7) is 5.76. The zero-order valence-electron chi connectivity index (χ0n) is 33.9. The number of carbonyl (C=O) groups excluding carboxylic acids is 6. The van der Waals surface area contributed by atoms with Crippen LogP contribution in [0.1, 0.15) is 65.2 Å². The van der Waals surface area contributed by atoms with Crippen LogP contribution in [0.2, 0.25) is 0 Å². The minimum absolute atomic E-state index is 0.0320. The molecule has 6 amide bonds. The highest BCUT2D eigenvalue weighted by molar-refractivity contribution is 6.18. The molecule has 2 fully saturated rings. The number of hydrogen-bond donors (Lipinski definition) is 7. The van der Waals surface area contributed by atoms with Crippen molar-refractivity contribution in [3.63, 3.8) is 0 Å². The first-order chi connectivity index (χ1) is 28.3. The van der Waals surface area contributed by atoms with Crippen molar-refractivity contribution in [1.29, 1.82) is 0 Å². The SMILES string of the molecule is CC(C)C[C@H](NC(=O)[C@@H]1CCCN1C(=O)[C@H](N)CCCCN)C(=O)NCC(=O)N1CCC[C@H]1C(=O)NC(=O)CNc1ccc(N(CCCl)CCCl)cc1.O=C(O)C(F)(F)F. The van der Waals surface area contributed by atoms with Gasteiger partial charge in [-0.2, -0.15) is 13.2 Å². The third kappa shape index (κ3) is 17.3. The molecule has 0 unspecified atom stereocenters. The van der Waals surface area contributed by atoms with Crippen molar-refractivity contribution in [3.8, 4) is 0 Å². The fourth-order valence-electron chi connectivity index (χ4n) is 6.66. The third-order valence-electron chi connectivity index (χ3n) is 9.65. The fourth-order valence-corrected chi connectivity index (χ4v) is 7.06. The number of benzene rings is 1. The molecule has 3 rings (SSSR count). The molecule has 0 radical (unpaired) electrons. The Labute approximate surface area is 357 Å². The third-order valence-corrected chi connectivity index (χ3v) is 9.99. The Balaban J connectivity index is 0.00000162. The topological polar surface area (TPSA) is 250 Å². The maximum absolute atomic E-state index is 13.4. The van der Waals surface area contributed by atoms with Gasteiger partial charge in [-0.25, -0.2) is 4.79 Å². The molecule has 2 heterocycles. The molecule has 0 aromatic heterocycles. The van der Waals surface area contributed by atoms with Gasteiger partial charge in [0.1, 0.15) is 18.1 Å². The number of hydrogen-bond acceptors (Lipinski definition) is 11. The number of carboxylic acids is 1. The number of carboxylic acid groups (broad SMARTS) is 1. The number of nitrogens with two attached hydrogens (primary N) is 2. The molecule has 9 N–H and O–H groups in total. The second kappa shape index (κ2) is 26.0. The van der Waals surface area contributed by atoms with Gasteiger partial charge in [-0.3, -0.25) is 34.1 Å². The number of aliphatic carboxylic acids is 1. The van der Waals surface area contributed by atoms with Crippen LogP contribution in [0.15, 0.2) is 24.3 Å². The number of alkyl halides is 5. The summed E-state index contributed by atoms with van der Waals surface area (Å²) in [5.41, 5.74) is 13.3. The Morgan fingerprint density at radius 1 is 0.900 bits per heavy atom. The highest BCUT2D eigenvalue weighted by atomic mass is 35.5. The normalized spacial score (nSPS) is 17.2. The fraction of sp³-hybridized carbons (Fsp3) is 0.658. The molecule has 17 nitrogen and oxygen atoms in total. The minimum Gasteiger partial charge on any atom is -0.475 e. The Morgan fingerprint density at radius 2 is 1.47 bits per heavy atom. The quantitative estimate of drug-likeness (QED) is 0.0689. The number of rotatable bonds is 21. The van der Waals surface area contributed by atoms with E-state index < -0.39 is 72.4 Å². The van der Waals surface area contributed by atoms with Gasteiger partial charge in [0.2, 0.25) is 35.4 Å². The van der Waals surface area contributed by atoms with Gasteiger partial charge in [0, 0.05) is 49.3 Å². The number of amides is 6. The molecule has 4 atom stereocenters. The van der Waals surface area contributed by atoms with E-state index in [2.05, 4.69) is 26.2 Å². The average molecular weight is 897 g/mol. The number of nitrogens with one attached hydrogen (secondary N) is 4. The molecule has 2 aliphatic rings. The zero-order valence-corrected chi connectivity index (χ0v) is 35.4. The van der Waals surface area contributed by atoms with Crippen molar-refractivity contribution in [2.75, 3.05) is 67.8 Å². The predicted molar refractivity (Wildman–Crippen MR) is 220 cm³/mol. The second-order valence-corrected chi connectivity index (χ2v) is 15.5. The maximum Gasteiger partial charge on any atom is 0.490 e. The molecule has 0 saturated carbocycles. The van der Waals surface area contributed by atoms with Crippen LogP contribution in [0.4, 0.5) is 24.5 Å². The maximum atomic E-state index is 13.4. The number of anilines is 2. The van der Waals surface area contributed by atoms with Gasteiger partial charge >= 0.3 is 12.1 Å². The van der Waals surface area contributed by atoms with Crippen LogP contribution in [-0.2, 0) is 33.6 Å². The van der Waals surface area contributed by atoms with E-state index in [1.165, 1.54) is 9.80 Å². The number of likely N-dealkylation sites (tertiary alicyclic amines) is 2. The molecular weight excluding hydrogens is 838 g/mol. The zero-order chi connectivity index (χ0) is 45.0. The molecule has 22 heteroatoms. The van der Waals surface area contributed by atoms with Crippen LogP contribution in [0.5, 0.6) is 0 Å². The van der Waals surface area contributed by atoms with E-state index in [-0.39, 0.29) is 18.4 Å². The van der Waals surface area contributed by atoms with E-state index >= 15 is 0 Å². The first-order valence-corrected chi connectivity index (χ1v) is 20.9. The smallest absolute Gasteiger partial charge is 0.475 e. The summed E-state index contributed by atoms with van der Waals surface area (Å²) in [6, 6.07) is 4.13. The highest BCUT2D eigenvalue weighted by Crippen LogP contribution is 2.22. The van der Waals surface area contributed by atoms with E-state index in [4.69, 9.17) is 44.6 Å². The van der Waals surface area contributed by atoms with Crippen LogP contribution in [0.25, 0.3) is 0 Å². The number of imide groups is 1. The molecule has 0 aliphatic carbocycles. The summed E-state index contributed by atoms with van der Waals surface area (Å²) in [7, 11) is 0. The first-order valence-electron chi connectivity index (χ1n) is 19.8. The van der Waals surface area contributed by atoms with Crippen LogP contribution in [0, 0.1) is 5.92 Å². The summed E-state index contributed by atoms with van der Waals surface area (Å²) in [6.07, 6.45) is -0.819. The Kier molecular flexibility index (Phi) is 22.5. The summed E-state index contributed by atoms with van der Waals surface area (Å²) in [5, 5.41) is 17.9. The second-order valence-electron chi connectivity index (χ2n) is 14.7. The van der Waals surface area contributed by atoms with Gasteiger partial charge in [0.25, 0.3) is 0 Å². The summed E-state index contributed by atoms with van der Waals surface area (Å²) >= 11 is 11.8. The summed E-state index contributed by atoms with van der Waals surface area (Å²) < 4.78 is 31.7. The molecule has 338 valence electrons. The molecular formula is C38H58Cl2F3N9O8. The average Bonchev–Trinajstić information content (AvgIpc) is 3.90. The van der Waals surface area contributed by atoms with Gasteiger partial charge in [-0.1, -0.05) is 20.3 Å². The van der Waals surface area contributed by atoms with Gasteiger partial charge in [0.05, 0.1) is 19.1 Å². The molecule has 0 bridgehead atoms. The van der Waals surface area contributed by atoms with Crippen LogP contribution in [-0.4, -0.2) is 144 Å². The van der Waals surface area contributed by atoms with Crippen LogP contribution < -0.4 is 37.6 Å². The molecule has 0 spiro atoms. The lowest BCUT2D eigenvalue weighted by Crippen LogP contribution is -2.56. The van der Waals surface area contributed by atoms with Crippen molar-refractivity contribution >= 4 is 76.0 Å². The lowest BCUT2D eigenvalue weighted by molar-refractivity contribution is -0.192. The standard InChI is InChI=1S/C36H57Cl2N9O6.C2HF3O2/c1-24(2)21-28(43-34(51)30-9-6-18-47(30)36(53)27(40)7-3-4-16-39)33(50)42-23-32(49)46-17-5-8-29(46)35(52)44-31(48)22-41-25-10-12-26(13-11-25)45(19-14-37)20-15-38;3-2(4,5)1(6)7/h10-13,24,27-30,41H,3-9,14-23,39-40H2,1-2H3,(H,42,50)(H,43,51)(H,44,48,52);(H,6,7)/t27-,28+,29+,30+;/m1./s1. The number of nitrogens with zero attached hydrogens (tertiary/aromatic N) is 3. The largest absolute Gasteiger partial charge is 0.490 e. The molecule has 2 aliphatic heterocycles. The van der Waals surface area contributed by atoms with Crippen molar-refractivity contribution in [3.05, 3.63) is 24.3 Å². The van der Waals surface area contributed by atoms with E-state index in [1.54, 1.807) is 0 Å².